The summed E-state index contributed by atoms with van der Waals surface area (Å²) in [6.07, 6.45) is 3.16. The van der Waals surface area contributed by atoms with Crippen molar-refractivity contribution in [1.29, 1.82) is 0 Å². The molecule has 4 rings (SSSR count). The number of ketones is 1. The zero-order valence-electron chi connectivity index (χ0n) is 15.6. The van der Waals surface area contributed by atoms with E-state index >= 15 is 0 Å². The smallest absolute Gasteiger partial charge is 0.295 e. The van der Waals surface area contributed by atoms with Gasteiger partial charge in [-0.3, -0.25) is 14.6 Å². The molecule has 1 amide bonds. The molecule has 2 aromatic carbocycles. The number of hydrogen-bond donors (Lipinski definition) is 1. The van der Waals surface area contributed by atoms with Crippen molar-refractivity contribution in [2.75, 3.05) is 0 Å². The minimum Gasteiger partial charge on any atom is -0.507 e. The van der Waals surface area contributed by atoms with Gasteiger partial charge in [-0.2, -0.15) is 0 Å². The Kier molecular flexibility index (Phi) is 5.10. The molecule has 30 heavy (non-hydrogen) atoms. The number of hydrogen-bond acceptors (Lipinski definition) is 4. The molecule has 1 saturated heterocycles. The van der Waals surface area contributed by atoms with Crippen LogP contribution >= 0.6 is 0 Å². The Balaban J connectivity index is 1.85. The maximum Gasteiger partial charge on any atom is 0.295 e. The molecule has 0 spiro atoms. The number of pyridine rings is 1. The minimum absolute atomic E-state index is 0.0701. The Morgan fingerprint density at radius 2 is 1.60 bits per heavy atom. The third-order valence-electron chi connectivity index (χ3n) is 4.92. The molecular weight excluding hydrogens is 390 g/mol. The van der Waals surface area contributed by atoms with E-state index in [9.17, 15) is 23.5 Å². The second-order valence-electron chi connectivity index (χ2n) is 6.85. The van der Waals surface area contributed by atoms with Crippen LogP contribution in [0.25, 0.3) is 5.76 Å². The van der Waals surface area contributed by atoms with Gasteiger partial charge in [0, 0.05) is 24.5 Å². The van der Waals surface area contributed by atoms with Gasteiger partial charge in [0.1, 0.15) is 17.4 Å². The number of carbonyl (C=O) groups excluding carboxylic acids is 2. The summed E-state index contributed by atoms with van der Waals surface area (Å²) in [7, 11) is 0. The van der Waals surface area contributed by atoms with Crippen molar-refractivity contribution < 1.29 is 23.5 Å². The fourth-order valence-corrected chi connectivity index (χ4v) is 3.49. The summed E-state index contributed by atoms with van der Waals surface area (Å²) in [6.45, 7) is 0.0701. The van der Waals surface area contributed by atoms with Gasteiger partial charge in [0.2, 0.25) is 0 Å². The van der Waals surface area contributed by atoms with Crippen molar-refractivity contribution in [3.63, 3.8) is 0 Å². The Morgan fingerprint density at radius 1 is 0.967 bits per heavy atom. The molecule has 5 nitrogen and oxygen atoms in total. The highest BCUT2D eigenvalue weighted by atomic mass is 19.1. The van der Waals surface area contributed by atoms with E-state index in [2.05, 4.69) is 4.98 Å². The van der Waals surface area contributed by atoms with Gasteiger partial charge in [-0.15, -0.1) is 0 Å². The molecule has 7 heteroatoms. The molecule has 2 heterocycles. The molecule has 1 unspecified atom stereocenters. The van der Waals surface area contributed by atoms with Gasteiger partial charge >= 0.3 is 0 Å². The van der Waals surface area contributed by atoms with E-state index in [4.69, 9.17) is 0 Å². The molecule has 150 valence electrons. The van der Waals surface area contributed by atoms with Crippen molar-refractivity contribution >= 4 is 17.4 Å². The van der Waals surface area contributed by atoms with E-state index in [1.54, 1.807) is 24.5 Å². The first-order valence-corrected chi connectivity index (χ1v) is 9.14. The van der Waals surface area contributed by atoms with E-state index in [0.717, 1.165) is 12.1 Å². The Bertz CT molecular complexity index is 1130. The lowest BCUT2D eigenvalue weighted by atomic mass is 9.95. The van der Waals surface area contributed by atoms with Crippen LogP contribution < -0.4 is 0 Å². The SMILES string of the molecule is O=C1C(=O)N(Cc2cccnc2)C(c2ccc(F)cc2)/C1=C(/O)c1ccc(F)cc1. The summed E-state index contributed by atoms with van der Waals surface area (Å²) in [5.74, 6) is -3.05. The average molecular weight is 406 g/mol. The number of halogens is 2. The van der Waals surface area contributed by atoms with Crippen LogP contribution in [0.15, 0.2) is 78.6 Å². The van der Waals surface area contributed by atoms with E-state index in [-0.39, 0.29) is 17.7 Å². The maximum atomic E-state index is 13.5. The van der Waals surface area contributed by atoms with Gasteiger partial charge in [-0.05, 0) is 53.6 Å². The first kappa shape index (κ1) is 19.4. The fraction of sp³-hybridized carbons (Fsp3) is 0.0870. The van der Waals surface area contributed by atoms with Crippen LogP contribution in [0.5, 0.6) is 0 Å². The summed E-state index contributed by atoms with van der Waals surface area (Å²) in [6, 6.07) is 12.8. The van der Waals surface area contributed by atoms with Crippen LogP contribution in [0.3, 0.4) is 0 Å². The number of rotatable bonds is 4. The third-order valence-corrected chi connectivity index (χ3v) is 4.92. The summed E-state index contributed by atoms with van der Waals surface area (Å²) in [5, 5.41) is 10.8. The normalized spacial score (nSPS) is 18.1. The van der Waals surface area contributed by atoms with Crippen LogP contribution in [0.2, 0.25) is 0 Å². The lowest BCUT2D eigenvalue weighted by Crippen LogP contribution is -2.29. The number of aliphatic hydroxyl groups excluding tert-OH is 1. The van der Waals surface area contributed by atoms with Crippen LogP contribution in [0.4, 0.5) is 8.78 Å². The lowest BCUT2D eigenvalue weighted by Gasteiger charge is -2.25. The molecule has 1 aromatic heterocycles. The second kappa shape index (κ2) is 7.87. The maximum absolute atomic E-state index is 13.5. The Labute approximate surface area is 170 Å². The molecule has 1 fully saturated rings. The van der Waals surface area contributed by atoms with Crippen molar-refractivity contribution in [2.45, 2.75) is 12.6 Å². The quantitative estimate of drug-likeness (QED) is 0.404. The second-order valence-corrected chi connectivity index (χ2v) is 6.85. The molecule has 1 aliphatic rings. The topological polar surface area (TPSA) is 70.5 Å². The number of amides is 1. The molecule has 0 saturated carbocycles. The standard InChI is InChI=1S/C23H16F2N2O3/c24-17-7-3-15(4-8-17)20-19(21(28)16-5-9-18(25)10-6-16)22(29)23(30)27(20)13-14-2-1-11-26-12-14/h1-12,20,28H,13H2/b21-19-. The summed E-state index contributed by atoms with van der Waals surface area (Å²) in [5.41, 5.74) is 1.21. The minimum atomic E-state index is -0.934. The molecule has 1 N–H and O–H groups in total. The number of benzene rings is 2. The van der Waals surface area contributed by atoms with Crippen LogP contribution in [0, 0.1) is 11.6 Å². The number of carbonyl (C=O) groups is 2. The third kappa shape index (κ3) is 3.57. The molecule has 1 atom stereocenters. The molecular formula is C23H16F2N2O3. The van der Waals surface area contributed by atoms with E-state index < -0.39 is 35.1 Å². The number of Topliss-reactive ketones (excluding diaryl/α,β-unsaturated/α-hetero) is 1. The molecule has 0 radical (unpaired) electrons. The zero-order chi connectivity index (χ0) is 21.3. The summed E-state index contributed by atoms with van der Waals surface area (Å²) >= 11 is 0. The summed E-state index contributed by atoms with van der Waals surface area (Å²) in [4.78, 5) is 31.0. The summed E-state index contributed by atoms with van der Waals surface area (Å²) < 4.78 is 26.8. The van der Waals surface area contributed by atoms with Gasteiger partial charge in [-0.25, -0.2) is 8.78 Å². The van der Waals surface area contributed by atoms with Crippen molar-refractivity contribution in [2.24, 2.45) is 0 Å². The monoisotopic (exact) mass is 406 g/mol. The van der Waals surface area contributed by atoms with E-state index in [1.807, 2.05) is 0 Å². The predicted molar refractivity (Wildman–Crippen MR) is 105 cm³/mol. The molecule has 1 aliphatic heterocycles. The van der Waals surface area contributed by atoms with Gasteiger partial charge < -0.3 is 10.0 Å². The van der Waals surface area contributed by atoms with Gasteiger partial charge in [0.05, 0.1) is 11.6 Å². The predicted octanol–water partition coefficient (Wildman–Crippen LogP) is 3.98. The van der Waals surface area contributed by atoms with E-state index in [0.29, 0.717) is 11.1 Å². The van der Waals surface area contributed by atoms with Crippen LogP contribution in [0.1, 0.15) is 22.7 Å². The van der Waals surface area contributed by atoms with Crippen molar-refractivity contribution in [3.8, 4) is 0 Å². The number of aliphatic hydroxyl groups is 1. The Hall–Kier alpha value is -3.87. The molecule has 3 aromatic rings. The van der Waals surface area contributed by atoms with Crippen LogP contribution in [-0.4, -0.2) is 26.7 Å². The molecule has 0 aliphatic carbocycles. The van der Waals surface area contributed by atoms with Crippen LogP contribution in [-0.2, 0) is 16.1 Å². The Morgan fingerprint density at radius 3 is 2.20 bits per heavy atom. The zero-order valence-corrected chi connectivity index (χ0v) is 15.6. The number of nitrogens with zero attached hydrogens (tertiary/aromatic N) is 2. The van der Waals surface area contributed by atoms with Gasteiger partial charge in [0.25, 0.3) is 11.7 Å². The van der Waals surface area contributed by atoms with Crippen molar-refractivity contribution in [1.82, 2.24) is 9.88 Å². The largest absolute Gasteiger partial charge is 0.507 e. The fourth-order valence-electron chi connectivity index (χ4n) is 3.49. The van der Waals surface area contributed by atoms with Gasteiger partial charge in [-0.1, -0.05) is 18.2 Å². The first-order chi connectivity index (χ1) is 14.5. The average Bonchev–Trinajstić information content (AvgIpc) is 3.00. The van der Waals surface area contributed by atoms with E-state index in [1.165, 1.54) is 41.3 Å². The lowest BCUT2D eigenvalue weighted by molar-refractivity contribution is -0.140. The van der Waals surface area contributed by atoms with Crippen molar-refractivity contribution in [3.05, 3.63) is 107 Å². The molecule has 0 bridgehead atoms. The number of aromatic nitrogens is 1. The first-order valence-electron chi connectivity index (χ1n) is 9.14. The highest BCUT2D eigenvalue weighted by molar-refractivity contribution is 6.46. The number of likely N-dealkylation sites (tertiary alicyclic amines) is 1. The highest BCUT2D eigenvalue weighted by Gasteiger charge is 2.46. The van der Waals surface area contributed by atoms with Gasteiger partial charge in [0.15, 0.2) is 0 Å². The highest BCUT2D eigenvalue weighted by Crippen LogP contribution is 2.40.